The van der Waals surface area contributed by atoms with E-state index >= 15 is 0 Å². The van der Waals surface area contributed by atoms with E-state index in [0.29, 0.717) is 34.4 Å². The highest BCUT2D eigenvalue weighted by atomic mass is 16.7. The first kappa shape index (κ1) is 12.9. The van der Waals surface area contributed by atoms with Crippen molar-refractivity contribution in [2.45, 2.75) is 0 Å². The van der Waals surface area contributed by atoms with Crippen molar-refractivity contribution in [2.75, 3.05) is 12.5 Å². The van der Waals surface area contributed by atoms with Gasteiger partial charge >= 0.3 is 0 Å². The molecular weight excluding hydrogens is 310 g/mol. The summed E-state index contributed by atoms with van der Waals surface area (Å²) in [5.74, 6) is 2.71. The van der Waals surface area contributed by atoms with Crippen molar-refractivity contribution in [3.05, 3.63) is 42.8 Å². The van der Waals surface area contributed by atoms with Crippen LogP contribution in [-0.4, -0.2) is 26.4 Å². The van der Waals surface area contributed by atoms with Gasteiger partial charge in [0.1, 0.15) is 0 Å². The predicted octanol–water partition coefficient (Wildman–Crippen LogP) is 2.36. The average Bonchev–Trinajstić information content (AvgIpc) is 3.32. The maximum atomic E-state index is 6.05. The second-order valence-corrected chi connectivity index (χ2v) is 5.26. The number of benzene rings is 1. The van der Waals surface area contributed by atoms with E-state index in [1.807, 2.05) is 18.2 Å². The molecule has 1 aliphatic rings. The van der Waals surface area contributed by atoms with E-state index in [-0.39, 0.29) is 12.6 Å². The summed E-state index contributed by atoms with van der Waals surface area (Å²) in [7, 11) is 0. The lowest BCUT2D eigenvalue weighted by Gasteiger charge is -2.04. The number of anilines is 1. The van der Waals surface area contributed by atoms with Gasteiger partial charge in [-0.1, -0.05) is 0 Å². The predicted molar refractivity (Wildman–Crippen MR) is 84.5 cm³/mol. The molecule has 4 aromatic rings. The summed E-state index contributed by atoms with van der Waals surface area (Å²) in [6.45, 7) is 0.225. The lowest BCUT2D eigenvalue weighted by atomic mass is 10.1. The lowest BCUT2D eigenvalue weighted by molar-refractivity contribution is 0.174. The summed E-state index contributed by atoms with van der Waals surface area (Å²) >= 11 is 0. The quantitative estimate of drug-likeness (QED) is 0.604. The Morgan fingerprint density at radius 1 is 1.08 bits per heavy atom. The van der Waals surface area contributed by atoms with Gasteiger partial charge in [-0.15, -0.1) is 5.10 Å². The molecule has 0 amide bonds. The van der Waals surface area contributed by atoms with E-state index in [4.69, 9.17) is 19.6 Å². The van der Waals surface area contributed by atoms with Crippen LogP contribution in [0.25, 0.3) is 28.5 Å². The van der Waals surface area contributed by atoms with Gasteiger partial charge in [0.25, 0.3) is 0 Å². The van der Waals surface area contributed by atoms with Gasteiger partial charge in [0.05, 0.1) is 18.2 Å². The van der Waals surface area contributed by atoms with Crippen molar-refractivity contribution in [3.8, 4) is 34.3 Å². The van der Waals surface area contributed by atoms with Gasteiger partial charge in [0.15, 0.2) is 28.7 Å². The molecule has 0 unspecified atom stereocenters. The Morgan fingerprint density at radius 2 is 2.00 bits per heavy atom. The maximum absolute atomic E-state index is 6.05. The number of ether oxygens (including phenoxy) is 2. The van der Waals surface area contributed by atoms with Crippen molar-refractivity contribution in [1.82, 2.24) is 19.6 Å². The molecule has 0 saturated carbocycles. The lowest BCUT2D eigenvalue weighted by Crippen LogP contribution is -1.99. The molecule has 8 nitrogen and oxygen atoms in total. The SMILES string of the molecule is Nc1nc(-c2ccc3c(c2)OCO3)cn2nc(-c3ccco3)nc12. The van der Waals surface area contributed by atoms with Crippen LogP contribution in [0.15, 0.2) is 47.2 Å². The number of hydrogen-bond acceptors (Lipinski definition) is 7. The molecule has 0 atom stereocenters. The number of hydrogen-bond donors (Lipinski definition) is 1. The van der Waals surface area contributed by atoms with Crippen LogP contribution in [0.3, 0.4) is 0 Å². The molecule has 0 radical (unpaired) electrons. The molecule has 8 heteroatoms. The normalized spacial score (nSPS) is 12.8. The number of fused-ring (bicyclic) bond motifs is 2. The van der Waals surface area contributed by atoms with E-state index in [9.17, 15) is 0 Å². The molecule has 4 heterocycles. The summed E-state index contributed by atoms with van der Waals surface area (Å²) in [6.07, 6.45) is 3.34. The van der Waals surface area contributed by atoms with Crippen molar-refractivity contribution < 1.29 is 13.9 Å². The van der Waals surface area contributed by atoms with Gasteiger partial charge in [0, 0.05) is 5.56 Å². The molecule has 3 aromatic heterocycles. The van der Waals surface area contributed by atoms with Gasteiger partial charge in [-0.05, 0) is 30.3 Å². The minimum absolute atomic E-state index is 0.225. The van der Waals surface area contributed by atoms with E-state index in [1.54, 1.807) is 29.1 Å². The number of nitrogens with two attached hydrogens (primary N) is 1. The van der Waals surface area contributed by atoms with Gasteiger partial charge < -0.3 is 19.6 Å². The molecule has 1 aromatic carbocycles. The smallest absolute Gasteiger partial charge is 0.231 e. The summed E-state index contributed by atoms with van der Waals surface area (Å²) in [5, 5.41) is 4.41. The fraction of sp³-hybridized carbons (Fsp3) is 0.0625. The van der Waals surface area contributed by atoms with E-state index in [2.05, 4.69) is 15.1 Å². The second-order valence-electron chi connectivity index (χ2n) is 5.26. The molecule has 118 valence electrons. The molecule has 0 fully saturated rings. The second kappa shape index (κ2) is 4.72. The third-order valence-corrected chi connectivity index (χ3v) is 3.76. The molecule has 0 saturated heterocycles. The standard InChI is InChI=1S/C16H11N5O3/c17-14-16-19-15(12-2-1-5-22-12)20-21(16)7-10(18-14)9-3-4-11-13(6-9)24-8-23-11/h1-7H,8H2,(H2,17,18). The van der Waals surface area contributed by atoms with E-state index < -0.39 is 0 Å². The Balaban J connectivity index is 1.65. The summed E-state index contributed by atoms with van der Waals surface area (Å²) in [4.78, 5) is 8.79. The van der Waals surface area contributed by atoms with Crippen molar-refractivity contribution in [3.63, 3.8) is 0 Å². The average molecular weight is 321 g/mol. The number of furan rings is 1. The molecule has 0 bridgehead atoms. The highest BCUT2D eigenvalue weighted by molar-refractivity contribution is 5.70. The third-order valence-electron chi connectivity index (χ3n) is 3.76. The Hall–Kier alpha value is -3.55. The van der Waals surface area contributed by atoms with Crippen LogP contribution in [-0.2, 0) is 0 Å². The molecular formula is C16H11N5O3. The first-order valence-corrected chi connectivity index (χ1v) is 7.25. The fourth-order valence-corrected chi connectivity index (χ4v) is 2.62. The Kier molecular flexibility index (Phi) is 2.55. The Labute approximate surface area is 135 Å². The zero-order valence-electron chi connectivity index (χ0n) is 12.3. The zero-order valence-corrected chi connectivity index (χ0v) is 12.3. The van der Waals surface area contributed by atoms with Gasteiger partial charge in [-0.2, -0.15) is 0 Å². The highest BCUT2D eigenvalue weighted by Crippen LogP contribution is 2.35. The molecule has 5 rings (SSSR count). The first-order chi connectivity index (χ1) is 11.8. The Morgan fingerprint density at radius 3 is 2.88 bits per heavy atom. The van der Waals surface area contributed by atoms with Crippen LogP contribution in [0.1, 0.15) is 0 Å². The molecule has 0 aliphatic carbocycles. The molecule has 0 spiro atoms. The molecule has 1 aliphatic heterocycles. The summed E-state index contributed by atoms with van der Waals surface area (Å²) in [6, 6.07) is 9.17. The largest absolute Gasteiger partial charge is 0.461 e. The van der Waals surface area contributed by atoms with Crippen LogP contribution in [0.5, 0.6) is 11.5 Å². The topological polar surface area (TPSA) is 101 Å². The highest BCUT2D eigenvalue weighted by Gasteiger charge is 2.17. The van der Waals surface area contributed by atoms with Crippen LogP contribution in [0.2, 0.25) is 0 Å². The summed E-state index contributed by atoms with van der Waals surface area (Å²) in [5.41, 5.74) is 8.04. The van der Waals surface area contributed by atoms with Gasteiger partial charge in [-0.25, -0.2) is 14.5 Å². The fourth-order valence-electron chi connectivity index (χ4n) is 2.62. The monoisotopic (exact) mass is 321 g/mol. The molecule has 2 N–H and O–H groups in total. The first-order valence-electron chi connectivity index (χ1n) is 7.25. The van der Waals surface area contributed by atoms with Crippen molar-refractivity contribution in [1.29, 1.82) is 0 Å². The van der Waals surface area contributed by atoms with Crippen molar-refractivity contribution in [2.24, 2.45) is 0 Å². The number of nitrogen functional groups attached to an aromatic ring is 1. The minimum atomic E-state index is 0.225. The Bertz CT molecular complexity index is 1060. The zero-order chi connectivity index (χ0) is 16.1. The van der Waals surface area contributed by atoms with E-state index in [1.165, 1.54) is 0 Å². The number of nitrogens with zero attached hydrogens (tertiary/aromatic N) is 4. The summed E-state index contributed by atoms with van der Waals surface area (Å²) < 4.78 is 17.6. The van der Waals surface area contributed by atoms with E-state index in [0.717, 1.165) is 5.56 Å². The van der Waals surface area contributed by atoms with Crippen LogP contribution in [0.4, 0.5) is 5.82 Å². The minimum Gasteiger partial charge on any atom is -0.461 e. The van der Waals surface area contributed by atoms with Gasteiger partial charge in [-0.3, -0.25) is 0 Å². The van der Waals surface area contributed by atoms with Crippen LogP contribution < -0.4 is 15.2 Å². The third kappa shape index (κ3) is 1.89. The van der Waals surface area contributed by atoms with Gasteiger partial charge in [0.2, 0.25) is 12.6 Å². The maximum Gasteiger partial charge on any atom is 0.231 e. The van der Waals surface area contributed by atoms with Crippen LogP contribution >= 0.6 is 0 Å². The molecule has 24 heavy (non-hydrogen) atoms. The number of rotatable bonds is 2. The number of aromatic nitrogens is 4. The van der Waals surface area contributed by atoms with Crippen molar-refractivity contribution >= 4 is 11.5 Å². The van der Waals surface area contributed by atoms with Crippen LogP contribution in [0, 0.1) is 0 Å².